The summed E-state index contributed by atoms with van der Waals surface area (Å²) in [4.78, 5) is 18.1. The molecule has 1 saturated heterocycles. The number of hydrogen-bond donors (Lipinski definition) is 0. The van der Waals surface area contributed by atoms with Gasteiger partial charge in [-0.15, -0.1) is 11.3 Å². The summed E-state index contributed by atoms with van der Waals surface area (Å²) in [6.45, 7) is 9.02. The van der Waals surface area contributed by atoms with E-state index in [9.17, 15) is 0 Å². The highest BCUT2D eigenvalue weighted by Crippen LogP contribution is 2.19. The SMILES string of the molecule is CCc1nc(CN2CCN(c3cc(C)nc(OC)n3)CC2)cs1. The minimum atomic E-state index is 0.442. The standard InChI is InChI=1S/C16H23N5OS/c1-4-15-18-13(11-23-15)10-20-5-7-21(8-6-20)14-9-12(2)17-16(19-14)22-3/h9,11H,4-8,10H2,1-3H3. The second-order valence-electron chi connectivity index (χ2n) is 5.70. The van der Waals surface area contributed by atoms with Crippen molar-refractivity contribution in [2.75, 3.05) is 38.2 Å². The fourth-order valence-electron chi connectivity index (χ4n) is 2.73. The molecule has 0 aromatic carbocycles. The monoisotopic (exact) mass is 333 g/mol. The molecule has 3 heterocycles. The van der Waals surface area contributed by atoms with Crippen molar-refractivity contribution in [1.29, 1.82) is 0 Å². The van der Waals surface area contributed by atoms with E-state index >= 15 is 0 Å². The fourth-order valence-corrected chi connectivity index (χ4v) is 3.46. The van der Waals surface area contributed by atoms with Gasteiger partial charge >= 0.3 is 6.01 Å². The molecule has 0 radical (unpaired) electrons. The summed E-state index contributed by atoms with van der Waals surface area (Å²) in [7, 11) is 1.61. The molecule has 1 aliphatic heterocycles. The van der Waals surface area contributed by atoms with Crippen molar-refractivity contribution in [1.82, 2.24) is 19.9 Å². The Morgan fingerprint density at radius 1 is 1.17 bits per heavy atom. The lowest BCUT2D eigenvalue weighted by atomic mass is 10.3. The summed E-state index contributed by atoms with van der Waals surface area (Å²) in [5.74, 6) is 0.955. The zero-order valence-electron chi connectivity index (χ0n) is 13.9. The number of aryl methyl sites for hydroxylation is 2. The van der Waals surface area contributed by atoms with Crippen LogP contribution >= 0.6 is 11.3 Å². The van der Waals surface area contributed by atoms with E-state index in [1.54, 1.807) is 18.4 Å². The maximum Gasteiger partial charge on any atom is 0.318 e. The van der Waals surface area contributed by atoms with E-state index in [2.05, 4.69) is 37.1 Å². The molecule has 0 aliphatic carbocycles. The molecule has 0 unspecified atom stereocenters. The van der Waals surface area contributed by atoms with Crippen LogP contribution in [0, 0.1) is 6.92 Å². The summed E-state index contributed by atoms with van der Waals surface area (Å²) in [6.07, 6.45) is 1.02. The van der Waals surface area contributed by atoms with E-state index in [1.807, 2.05) is 13.0 Å². The Morgan fingerprint density at radius 2 is 1.96 bits per heavy atom. The van der Waals surface area contributed by atoms with Crippen LogP contribution in [-0.2, 0) is 13.0 Å². The van der Waals surface area contributed by atoms with Crippen molar-refractivity contribution in [2.45, 2.75) is 26.8 Å². The van der Waals surface area contributed by atoms with Gasteiger partial charge in [0, 0.05) is 49.9 Å². The summed E-state index contributed by atoms with van der Waals surface area (Å²) in [6, 6.07) is 2.46. The molecule has 0 atom stereocenters. The van der Waals surface area contributed by atoms with Crippen LogP contribution in [0.4, 0.5) is 5.82 Å². The van der Waals surface area contributed by atoms with Crippen LogP contribution in [0.1, 0.15) is 23.3 Å². The number of hydrogen-bond acceptors (Lipinski definition) is 7. The van der Waals surface area contributed by atoms with Gasteiger partial charge in [-0.2, -0.15) is 4.98 Å². The zero-order chi connectivity index (χ0) is 16.2. The first-order chi connectivity index (χ1) is 11.2. The molecule has 0 amide bonds. The highest BCUT2D eigenvalue weighted by atomic mass is 32.1. The van der Waals surface area contributed by atoms with Gasteiger partial charge in [0.1, 0.15) is 5.82 Å². The topological polar surface area (TPSA) is 54.4 Å². The minimum absolute atomic E-state index is 0.442. The molecule has 23 heavy (non-hydrogen) atoms. The Bertz CT molecular complexity index is 652. The van der Waals surface area contributed by atoms with Crippen LogP contribution in [0.5, 0.6) is 6.01 Å². The van der Waals surface area contributed by atoms with E-state index < -0.39 is 0 Å². The van der Waals surface area contributed by atoms with E-state index in [0.29, 0.717) is 6.01 Å². The van der Waals surface area contributed by atoms with Gasteiger partial charge in [0.05, 0.1) is 17.8 Å². The molecule has 0 bridgehead atoms. The molecule has 6 nitrogen and oxygen atoms in total. The number of ether oxygens (including phenoxy) is 1. The number of thiazole rings is 1. The number of anilines is 1. The third kappa shape index (κ3) is 3.97. The van der Waals surface area contributed by atoms with Gasteiger partial charge in [0.2, 0.25) is 0 Å². The molecular formula is C16H23N5OS. The normalized spacial score (nSPS) is 15.9. The smallest absolute Gasteiger partial charge is 0.318 e. The number of nitrogens with zero attached hydrogens (tertiary/aromatic N) is 5. The van der Waals surface area contributed by atoms with Gasteiger partial charge in [-0.1, -0.05) is 6.92 Å². The van der Waals surface area contributed by atoms with Crippen molar-refractivity contribution in [3.05, 3.63) is 27.8 Å². The summed E-state index contributed by atoms with van der Waals surface area (Å²) in [5, 5.41) is 3.41. The molecule has 7 heteroatoms. The third-order valence-corrected chi connectivity index (χ3v) is 5.03. The van der Waals surface area contributed by atoms with Crippen molar-refractivity contribution >= 4 is 17.2 Å². The molecule has 3 rings (SSSR count). The molecule has 0 spiro atoms. The largest absolute Gasteiger partial charge is 0.467 e. The molecule has 124 valence electrons. The van der Waals surface area contributed by atoms with E-state index in [-0.39, 0.29) is 0 Å². The van der Waals surface area contributed by atoms with Crippen molar-refractivity contribution in [2.24, 2.45) is 0 Å². The molecule has 1 fully saturated rings. The average Bonchev–Trinajstić information content (AvgIpc) is 3.02. The first-order valence-corrected chi connectivity index (χ1v) is 8.86. The van der Waals surface area contributed by atoms with Gasteiger partial charge in [-0.05, 0) is 13.3 Å². The molecule has 2 aromatic heterocycles. The Hall–Kier alpha value is -1.73. The van der Waals surface area contributed by atoms with Crippen molar-refractivity contribution < 1.29 is 4.74 Å². The Labute approximate surface area is 141 Å². The van der Waals surface area contributed by atoms with Crippen LogP contribution in [0.25, 0.3) is 0 Å². The maximum absolute atomic E-state index is 5.17. The molecule has 1 aliphatic rings. The number of aromatic nitrogens is 3. The van der Waals surface area contributed by atoms with Gasteiger partial charge in [-0.25, -0.2) is 9.97 Å². The number of piperazine rings is 1. The molecule has 0 N–H and O–H groups in total. The van der Waals surface area contributed by atoms with Gasteiger partial charge < -0.3 is 9.64 Å². The lowest BCUT2D eigenvalue weighted by Gasteiger charge is -2.35. The number of rotatable bonds is 5. The molecular weight excluding hydrogens is 310 g/mol. The van der Waals surface area contributed by atoms with E-state index in [4.69, 9.17) is 4.74 Å². The van der Waals surface area contributed by atoms with Gasteiger partial charge in [0.15, 0.2) is 0 Å². The zero-order valence-corrected chi connectivity index (χ0v) is 14.8. The van der Waals surface area contributed by atoms with Crippen LogP contribution in [-0.4, -0.2) is 53.1 Å². The highest BCUT2D eigenvalue weighted by Gasteiger charge is 2.20. The maximum atomic E-state index is 5.17. The first kappa shape index (κ1) is 16.1. The number of methoxy groups -OCH3 is 1. The van der Waals surface area contributed by atoms with Crippen LogP contribution in [0.3, 0.4) is 0 Å². The lowest BCUT2D eigenvalue weighted by molar-refractivity contribution is 0.246. The van der Waals surface area contributed by atoms with Crippen molar-refractivity contribution in [3.8, 4) is 6.01 Å². The molecule has 2 aromatic rings. The van der Waals surface area contributed by atoms with Gasteiger partial charge in [0.25, 0.3) is 0 Å². The summed E-state index contributed by atoms with van der Waals surface area (Å²) < 4.78 is 5.17. The Kier molecular flexibility index (Phi) is 5.07. The highest BCUT2D eigenvalue weighted by molar-refractivity contribution is 7.09. The quantitative estimate of drug-likeness (QED) is 0.835. The van der Waals surface area contributed by atoms with Gasteiger partial charge in [-0.3, -0.25) is 4.90 Å². The van der Waals surface area contributed by atoms with Crippen LogP contribution in [0.15, 0.2) is 11.4 Å². The first-order valence-electron chi connectivity index (χ1n) is 7.98. The predicted octanol–water partition coefficient (Wildman–Crippen LogP) is 2.13. The van der Waals surface area contributed by atoms with Crippen molar-refractivity contribution in [3.63, 3.8) is 0 Å². The van der Waals surface area contributed by atoms with Crippen LogP contribution in [0.2, 0.25) is 0 Å². The van der Waals surface area contributed by atoms with E-state index in [1.165, 1.54) is 10.7 Å². The fraction of sp³-hybridized carbons (Fsp3) is 0.562. The Morgan fingerprint density at radius 3 is 2.61 bits per heavy atom. The average molecular weight is 333 g/mol. The Balaban J connectivity index is 1.58. The third-order valence-electron chi connectivity index (χ3n) is 3.99. The summed E-state index contributed by atoms with van der Waals surface area (Å²) in [5.41, 5.74) is 2.13. The predicted molar refractivity (Wildman–Crippen MR) is 92.3 cm³/mol. The second-order valence-corrected chi connectivity index (χ2v) is 6.65. The molecule has 0 saturated carbocycles. The van der Waals surface area contributed by atoms with E-state index in [0.717, 1.165) is 50.7 Å². The summed E-state index contributed by atoms with van der Waals surface area (Å²) >= 11 is 1.76. The minimum Gasteiger partial charge on any atom is -0.467 e. The second kappa shape index (κ2) is 7.23. The van der Waals surface area contributed by atoms with Crippen LogP contribution < -0.4 is 9.64 Å². The lowest BCUT2D eigenvalue weighted by Crippen LogP contribution is -2.46.